The molecule has 0 radical (unpaired) electrons. The normalized spacial score (nSPS) is 27.1. The molecule has 2 aromatic carbocycles. The van der Waals surface area contributed by atoms with Gasteiger partial charge in [-0.3, -0.25) is 4.79 Å². The van der Waals surface area contributed by atoms with Gasteiger partial charge >= 0.3 is 6.18 Å². The van der Waals surface area contributed by atoms with Gasteiger partial charge in [-0.05, 0) is 73.6 Å². The molecule has 0 aromatic heterocycles. The highest BCUT2D eigenvalue weighted by atomic mass is 35.5. The van der Waals surface area contributed by atoms with Crippen LogP contribution in [0.4, 0.5) is 17.6 Å². The smallest absolute Gasteiger partial charge is 0.304 e. The Morgan fingerprint density at radius 2 is 1.73 bits per heavy atom. The van der Waals surface area contributed by atoms with E-state index in [1.807, 2.05) is 0 Å². The van der Waals surface area contributed by atoms with Gasteiger partial charge in [0.05, 0.1) is 17.4 Å². The Balaban J connectivity index is 1.62. The maximum atomic E-state index is 14.7. The summed E-state index contributed by atoms with van der Waals surface area (Å²) in [5.41, 5.74) is 1.49. The third-order valence-corrected chi connectivity index (χ3v) is 6.87. The van der Waals surface area contributed by atoms with E-state index in [1.165, 1.54) is 6.07 Å². The molecule has 30 heavy (non-hydrogen) atoms. The van der Waals surface area contributed by atoms with E-state index in [1.54, 1.807) is 37.3 Å². The van der Waals surface area contributed by atoms with E-state index >= 15 is 0 Å². The lowest BCUT2D eigenvalue weighted by molar-refractivity contribution is -0.185. The highest BCUT2D eigenvalue weighted by molar-refractivity contribution is 6.30. The van der Waals surface area contributed by atoms with E-state index in [2.05, 4.69) is 5.32 Å². The van der Waals surface area contributed by atoms with Crippen LogP contribution in [-0.4, -0.2) is 24.0 Å². The van der Waals surface area contributed by atoms with Crippen molar-refractivity contribution in [1.29, 1.82) is 0 Å². The number of halogens is 5. The first kappa shape index (κ1) is 21.3. The van der Waals surface area contributed by atoms with Crippen molar-refractivity contribution in [3.63, 3.8) is 0 Å². The summed E-state index contributed by atoms with van der Waals surface area (Å²) in [5, 5.41) is 3.76. The molecule has 1 heterocycles. The number of hydrogen-bond acceptors (Lipinski definition) is 2. The van der Waals surface area contributed by atoms with Crippen LogP contribution in [0.2, 0.25) is 5.02 Å². The van der Waals surface area contributed by atoms with Gasteiger partial charge in [0.2, 0.25) is 0 Å². The number of nitrogens with one attached hydrogen (secondary N) is 1. The second-order valence-electron chi connectivity index (χ2n) is 8.39. The molecule has 1 atom stereocenters. The molecule has 1 saturated heterocycles. The summed E-state index contributed by atoms with van der Waals surface area (Å²) >= 11 is 5.92. The standard InChI is InChI=1S/C23H22ClF4NO/c1-13-10-20(25)18(14-2-4-16(24)5-3-14)11-17(13)19-12-29-22(21(19)30)8-6-15(7-9-22)23(26,27)28/h2-5,10-11,15,19,29H,6-9,12H2,1H3. The summed E-state index contributed by atoms with van der Waals surface area (Å²) in [7, 11) is 0. The summed E-state index contributed by atoms with van der Waals surface area (Å²) in [6.07, 6.45) is -3.96. The Kier molecular flexibility index (Phi) is 5.43. The first-order valence-corrected chi connectivity index (χ1v) is 10.4. The molecule has 160 valence electrons. The van der Waals surface area contributed by atoms with Crippen LogP contribution in [0.5, 0.6) is 0 Å². The van der Waals surface area contributed by atoms with Crippen molar-refractivity contribution < 1.29 is 22.4 Å². The van der Waals surface area contributed by atoms with Crippen molar-refractivity contribution in [3.05, 3.63) is 58.4 Å². The van der Waals surface area contributed by atoms with Gasteiger partial charge in [0, 0.05) is 17.1 Å². The molecule has 7 heteroatoms. The zero-order valence-corrected chi connectivity index (χ0v) is 17.2. The highest BCUT2D eigenvalue weighted by Gasteiger charge is 2.53. The summed E-state index contributed by atoms with van der Waals surface area (Å²) in [6.45, 7) is 2.10. The Bertz CT molecular complexity index is 962. The minimum absolute atomic E-state index is 0.0482. The van der Waals surface area contributed by atoms with Crippen molar-refractivity contribution in [1.82, 2.24) is 5.32 Å². The Morgan fingerprint density at radius 3 is 2.33 bits per heavy atom. The van der Waals surface area contributed by atoms with Gasteiger partial charge in [-0.1, -0.05) is 23.7 Å². The third-order valence-electron chi connectivity index (χ3n) is 6.62. The Labute approximate surface area is 177 Å². The fourth-order valence-electron chi connectivity index (χ4n) is 4.84. The lowest BCUT2D eigenvalue weighted by Crippen LogP contribution is -2.49. The number of aryl methyl sites for hydroxylation is 1. The molecule has 2 nitrogen and oxygen atoms in total. The molecule has 1 saturated carbocycles. The summed E-state index contributed by atoms with van der Waals surface area (Å²) < 4.78 is 53.7. The largest absolute Gasteiger partial charge is 0.391 e. The maximum absolute atomic E-state index is 14.7. The summed E-state index contributed by atoms with van der Waals surface area (Å²) in [6, 6.07) is 9.89. The molecule has 2 aromatic rings. The fraction of sp³-hybridized carbons (Fsp3) is 0.435. The number of ketones is 1. The highest BCUT2D eigenvalue weighted by Crippen LogP contribution is 2.45. The Hall–Kier alpha value is -1.92. The van der Waals surface area contributed by atoms with E-state index in [0.29, 0.717) is 33.8 Å². The molecule has 0 bridgehead atoms. The topological polar surface area (TPSA) is 29.1 Å². The second kappa shape index (κ2) is 7.65. The molecule has 1 aliphatic carbocycles. The fourth-order valence-corrected chi connectivity index (χ4v) is 4.96. The van der Waals surface area contributed by atoms with Crippen LogP contribution in [-0.2, 0) is 4.79 Å². The van der Waals surface area contributed by atoms with Gasteiger partial charge in [0.25, 0.3) is 0 Å². The number of carbonyl (C=O) groups is 1. The first-order valence-electron chi connectivity index (χ1n) is 10.0. The molecule has 1 unspecified atom stereocenters. The van der Waals surface area contributed by atoms with E-state index in [0.717, 1.165) is 0 Å². The van der Waals surface area contributed by atoms with E-state index in [-0.39, 0.29) is 31.5 Å². The van der Waals surface area contributed by atoms with E-state index < -0.39 is 29.4 Å². The minimum Gasteiger partial charge on any atom is -0.304 e. The van der Waals surface area contributed by atoms with E-state index in [4.69, 9.17) is 11.6 Å². The molecule has 2 fully saturated rings. The van der Waals surface area contributed by atoms with Gasteiger partial charge in [-0.2, -0.15) is 13.2 Å². The molecular formula is C23H22ClF4NO. The van der Waals surface area contributed by atoms with Gasteiger partial charge in [-0.25, -0.2) is 4.39 Å². The van der Waals surface area contributed by atoms with Crippen LogP contribution in [0.25, 0.3) is 11.1 Å². The predicted octanol–water partition coefficient (Wildman–Crippen LogP) is 6.20. The van der Waals surface area contributed by atoms with Crippen molar-refractivity contribution in [2.24, 2.45) is 5.92 Å². The number of carbonyl (C=O) groups excluding carboxylic acids is 1. The van der Waals surface area contributed by atoms with Gasteiger partial charge < -0.3 is 5.32 Å². The third kappa shape index (κ3) is 3.76. The SMILES string of the molecule is Cc1cc(F)c(-c2ccc(Cl)cc2)cc1C1CNC2(CCC(C(F)(F)F)CC2)C1=O. The summed E-state index contributed by atoms with van der Waals surface area (Å²) in [5.74, 6) is -2.32. The molecule has 1 aliphatic heterocycles. The summed E-state index contributed by atoms with van der Waals surface area (Å²) in [4.78, 5) is 13.3. The van der Waals surface area contributed by atoms with Crippen molar-refractivity contribution in [3.8, 4) is 11.1 Å². The van der Waals surface area contributed by atoms with Crippen molar-refractivity contribution in [2.75, 3.05) is 6.54 Å². The number of alkyl halides is 3. The van der Waals surface area contributed by atoms with Gasteiger partial charge in [0.15, 0.2) is 5.78 Å². The second-order valence-corrected chi connectivity index (χ2v) is 8.83. The molecule has 2 aliphatic rings. The zero-order valence-electron chi connectivity index (χ0n) is 16.5. The quantitative estimate of drug-likeness (QED) is 0.564. The van der Waals surface area contributed by atoms with Crippen LogP contribution in [0, 0.1) is 18.7 Å². The molecule has 0 amide bonds. The lowest BCUT2D eigenvalue weighted by atomic mass is 9.72. The predicted molar refractivity (Wildman–Crippen MR) is 108 cm³/mol. The monoisotopic (exact) mass is 439 g/mol. The van der Waals surface area contributed by atoms with Gasteiger partial charge in [-0.15, -0.1) is 0 Å². The molecule has 4 rings (SSSR count). The number of Topliss-reactive ketones (excluding diaryl/α,β-unsaturated/α-hetero) is 1. The van der Waals surface area contributed by atoms with Crippen LogP contribution in [0.15, 0.2) is 36.4 Å². The molecule has 1 spiro atoms. The zero-order chi connectivity index (χ0) is 21.7. The average Bonchev–Trinajstić information content (AvgIpc) is 2.99. The molecule has 1 N–H and O–H groups in total. The average molecular weight is 440 g/mol. The number of benzene rings is 2. The number of rotatable bonds is 2. The van der Waals surface area contributed by atoms with Crippen LogP contribution in [0.1, 0.15) is 42.7 Å². The Morgan fingerprint density at radius 1 is 1.10 bits per heavy atom. The number of hydrogen-bond donors (Lipinski definition) is 1. The lowest BCUT2D eigenvalue weighted by Gasteiger charge is -2.37. The maximum Gasteiger partial charge on any atom is 0.391 e. The minimum atomic E-state index is -4.22. The van der Waals surface area contributed by atoms with Gasteiger partial charge in [0.1, 0.15) is 5.82 Å². The van der Waals surface area contributed by atoms with Crippen LogP contribution in [0.3, 0.4) is 0 Å². The molecular weight excluding hydrogens is 418 g/mol. The first-order chi connectivity index (χ1) is 14.1. The van der Waals surface area contributed by atoms with Crippen LogP contribution < -0.4 is 5.32 Å². The van der Waals surface area contributed by atoms with Crippen molar-refractivity contribution >= 4 is 17.4 Å². The van der Waals surface area contributed by atoms with Crippen LogP contribution >= 0.6 is 11.6 Å². The van der Waals surface area contributed by atoms with Crippen molar-refractivity contribution in [2.45, 2.75) is 50.2 Å². The van der Waals surface area contributed by atoms with E-state index in [9.17, 15) is 22.4 Å².